The maximum Gasteiger partial charge on any atom is 0.145 e. The predicted octanol–water partition coefficient (Wildman–Crippen LogP) is 13.4. The van der Waals surface area contributed by atoms with Gasteiger partial charge in [-0.2, -0.15) is 0 Å². The molecule has 2 unspecified atom stereocenters. The van der Waals surface area contributed by atoms with Crippen LogP contribution >= 0.6 is 0 Å². The van der Waals surface area contributed by atoms with Gasteiger partial charge in [-0.25, -0.2) is 4.98 Å². The standard InChI is InChI=1S/C57H38N2/c1-4-17-42(18-5-1)56(49-26-12-13-27-50(49)57(43-19-6-2-7-20-43)48-25-11-10-23-46(48)47-24-16-28-51(56)54(47)57)44-37-35-40(36-38-44)39-31-33-41(34-32-39)55-58-52-29-14-15-30-53(52)59(55)45-21-8-3-9-22-45/h1-38H. The Kier molecular flexibility index (Phi) is 7.39. The number of rotatable bonds is 6. The van der Waals surface area contributed by atoms with Crippen LogP contribution in [0.3, 0.4) is 0 Å². The van der Waals surface area contributed by atoms with Gasteiger partial charge >= 0.3 is 0 Å². The van der Waals surface area contributed by atoms with Crippen molar-refractivity contribution in [2.24, 2.45) is 0 Å². The number of aromatic nitrogens is 2. The fourth-order valence-corrected chi connectivity index (χ4v) is 10.6. The Hall–Kier alpha value is -7.55. The summed E-state index contributed by atoms with van der Waals surface area (Å²) in [5.74, 6) is 0.934. The molecule has 10 aromatic rings. The third-order valence-corrected chi connectivity index (χ3v) is 13.0. The van der Waals surface area contributed by atoms with E-state index in [4.69, 9.17) is 4.98 Å². The van der Waals surface area contributed by atoms with E-state index in [0.717, 1.165) is 28.1 Å². The maximum atomic E-state index is 5.11. The van der Waals surface area contributed by atoms with Crippen LogP contribution in [0.5, 0.6) is 0 Å². The zero-order valence-electron chi connectivity index (χ0n) is 32.3. The third kappa shape index (κ3) is 4.66. The zero-order chi connectivity index (χ0) is 39.0. The fourth-order valence-electron chi connectivity index (χ4n) is 10.6. The van der Waals surface area contributed by atoms with E-state index in [0.29, 0.717) is 0 Å². The largest absolute Gasteiger partial charge is 0.292 e. The van der Waals surface area contributed by atoms with Crippen LogP contribution in [0.2, 0.25) is 0 Å². The van der Waals surface area contributed by atoms with E-state index in [-0.39, 0.29) is 0 Å². The first-order chi connectivity index (χ1) is 29.3. The molecule has 2 nitrogen and oxygen atoms in total. The molecule has 1 aromatic heterocycles. The molecule has 9 aromatic carbocycles. The highest BCUT2D eigenvalue weighted by molar-refractivity contribution is 5.92. The van der Waals surface area contributed by atoms with Crippen LogP contribution in [0.4, 0.5) is 0 Å². The summed E-state index contributed by atoms with van der Waals surface area (Å²) in [5.41, 5.74) is 18.7. The molecule has 1 heterocycles. The van der Waals surface area contributed by atoms with Crippen molar-refractivity contribution in [3.8, 4) is 39.3 Å². The van der Waals surface area contributed by atoms with Crippen molar-refractivity contribution in [1.29, 1.82) is 0 Å². The van der Waals surface area contributed by atoms with Gasteiger partial charge in [0.2, 0.25) is 0 Å². The van der Waals surface area contributed by atoms with E-state index in [1.165, 1.54) is 66.8 Å². The molecule has 2 aliphatic rings. The second-order valence-corrected chi connectivity index (χ2v) is 15.8. The number of fused-ring (bicyclic) bond motifs is 6. The van der Waals surface area contributed by atoms with Gasteiger partial charge in [-0.3, -0.25) is 4.57 Å². The molecule has 0 aliphatic heterocycles. The minimum atomic E-state index is -0.567. The molecular weight excluding hydrogens is 713 g/mol. The lowest BCUT2D eigenvalue weighted by molar-refractivity contribution is 0.627. The van der Waals surface area contributed by atoms with Crippen LogP contribution in [0, 0.1) is 0 Å². The first-order valence-corrected chi connectivity index (χ1v) is 20.5. The summed E-state index contributed by atoms with van der Waals surface area (Å²) in [6, 6.07) is 84.8. The van der Waals surface area contributed by atoms with Gasteiger partial charge in [0, 0.05) is 11.3 Å². The number of imidazole rings is 1. The smallest absolute Gasteiger partial charge is 0.145 e. The summed E-state index contributed by atoms with van der Waals surface area (Å²) in [6.45, 7) is 0. The second-order valence-electron chi connectivity index (χ2n) is 15.8. The van der Waals surface area contributed by atoms with E-state index in [9.17, 15) is 0 Å². The van der Waals surface area contributed by atoms with Crippen molar-refractivity contribution in [2.45, 2.75) is 10.8 Å². The van der Waals surface area contributed by atoms with Crippen LogP contribution in [-0.2, 0) is 10.8 Å². The summed E-state index contributed by atoms with van der Waals surface area (Å²) in [6.07, 6.45) is 0. The van der Waals surface area contributed by atoms with Crippen molar-refractivity contribution in [3.05, 3.63) is 275 Å². The Morgan fingerprint density at radius 1 is 0.322 bits per heavy atom. The Morgan fingerprint density at radius 2 is 0.797 bits per heavy atom. The minimum absolute atomic E-state index is 0.457. The van der Waals surface area contributed by atoms with Crippen molar-refractivity contribution in [2.75, 3.05) is 0 Å². The van der Waals surface area contributed by atoms with Crippen LogP contribution < -0.4 is 0 Å². The van der Waals surface area contributed by atoms with Gasteiger partial charge in [-0.05, 0) is 91.0 Å². The van der Waals surface area contributed by atoms with Gasteiger partial charge in [-0.1, -0.05) is 206 Å². The number of hydrogen-bond acceptors (Lipinski definition) is 1. The SMILES string of the molecule is c1ccc(-n2c(-c3ccc(-c4ccc(C5(c6ccccc6)c6ccccc6C6(c7ccccc7)c7ccccc7-c7cccc5c76)cc4)cc3)nc3ccccc32)cc1. The Morgan fingerprint density at radius 3 is 1.49 bits per heavy atom. The molecule has 0 bridgehead atoms. The molecule has 276 valence electrons. The highest BCUT2D eigenvalue weighted by atomic mass is 15.1. The molecular formula is C57H38N2. The molecule has 2 aliphatic carbocycles. The highest BCUT2D eigenvalue weighted by Crippen LogP contribution is 2.65. The molecule has 0 saturated heterocycles. The van der Waals surface area contributed by atoms with Crippen molar-refractivity contribution >= 4 is 11.0 Å². The monoisotopic (exact) mass is 750 g/mol. The number of nitrogens with zero attached hydrogens (tertiary/aromatic N) is 2. The van der Waals surface area contributed by atoms with Crippen LogP contribution in [0.25, 0.3) is 50.4 Å². The van der Waals surface area contributed by atoms with E-state index in [2.05, 4.69) is 235 Å². The average molecular weight is 751 g/mol. The Bertz CT molecular complexity index is 3180. The highest BCUT2D eigenvalue weighted by Gasteiger charge is 2.57. The van der Waals surface area contributed by atoms with E-state index < -0.39 is 10.8 Å². The number of hydrogen-bond donors (Lipinski definition) is 0. The predicted molar refractivity (Wildman–Crippen MR) is 241 cm³/mol. The lowest BCUT2D eigenvalue weighted by Crippen LogP contribution is -2.44. The van der Waals surface area contributed by atoms with Gasteiger partial charge in [-0.15, -0.1) is 0 Å². The molecule has 0 saturated carbocycles. The quantitative estimate of drug-likeness (QED) is 0.165. The molecule has 59 heavy (non-hydrogen) atoms. The lowest BCUT2D eigenvalue weighted by atomic mass is 9.51. The van der Waals surface area contributed by atoms with Gasteiger partial charge < -0.3 is 0 Å². The lowest BCUT2D eigenvalue weighted by Gasteiger charge is -2.49. The van der Waals surface area contributed by atoms with Crippen molar-refractivity contribution < 1.29 is 0 Å². The maximum absolute atomic E-state index is 5.11. The third-order valence-electron chi connectivity index (χ3n) is 13.0. The molecule has 12 rings (SSSR count). The van der Waals surface area contributed by atoms with Gasteiger partial charge in [0.25, 0.3) is 0 Å². The average Bonchev–Trinajstić information content (AvgIpc) is 3.86. The van der Waals surface area contributed by atoms with Gasteiger partial charge in [0.1, 0.15) is 5.82 Å². The van der Waals surface area contributed by atoms with Crippen LogP contribution in [0.15, 0.2) is 231 Å². The Balaban J connectivity index is 1.04. The molecule has 0 radical (unpaired) electrons. The second kappa shape index (κ2) is 13.0. The zero-order valence-corrected chi connectivity index (χ0v) is 32.3. The molecule has 0 amide bonds. The van der Waals surface area contributed by atoms with E-state index >= 15 is 0 Å². The molecule has 0 N–H and O–H groups in total. The van der Waals surface area contributed by atoms with E-state index in [1.54, 1.807) is 0 Å². The number of para-hydroxylation sites is 3. The van der Waals surface area contributed by atoms with Crippen LogP contribution in [0.1, 0.15) is 44.5 Å². The summed E-state index contributed by atoms with van der Waals surface area (Å²) < 4.78 is 2.26. The molecule has 2 heteroatoms. The fraction of sp³-hybridized carbons (Fsp3) is 0.0351. The van der Waals surface area contributed by atoms with E-state index in [1.807, 2.05) is 0 Å². The summed E-state index contributed by atoms with van der Waals surface area (Å²) >= 11 is 0. The van der Waals surface area contributed by atoms with Crippen LogP contribution in [-0.4, -0.2) is 9.55 Å². The first kappa shape index (κ1) is 33.6. The van der Waals surface area contributed by atoms with Crippen molar-refractivity contribution in [3.63, 3.8) is 0 Å². The van der Waals surface area contributed by atoms with Crippen molar-refractivity contribution in [1.82, 2.24) is 9.55 Å². The van der Waals surface area contributed by atoms with Gasteiger partial charge in [0.05, 0.1) is 21.9 Å². The molecule has 0 fully saturated rings. The topological polar surface area (TPSA) is 17.8 Å². The molecule has 0 spiro atoms. The minimum Gasteiger partial charge on any atom is -0.292 e. The number of benzene rings is 9. The molecule has 2 atom stereocenters. The normalized spacial score (nSPS) is 17.3. The Labute approximate surface area is 344 Å². The van der Waals surface area contributed by atoms with Gasteiger partial charge in [0.15, 0.2) is 0 Å². The summed E-state index contributed by atoms with van der Waals surface area (Å²) in [7, 11) is 0. The summed E-state index contributed by atoms with van der Waals surface area (Å²) in [5, 5.41) is 0. The summed E-state index contributed by atoms with van der Waals surface area (Å²) in [4.78, 5) is 5.11. The first-order valence-electron chi connectivity index (χ1n) is 20.5.